The summed E-state index contributed by atoms with van der Waals surface area (Å²) in [5.74, 6) is -0.0210. The quantitative estimate of drug-likeness (QED) is 0.438. The van der Waals surface area contributed by atoms with E-state index in [0.717, 1.165) is 12.8 Å². The second kappa shape index (κ2) is 8.62. The Kier molecular flexibility index (Phi) is 7.08. The number of benzene rings is 1. The molecule has 6 heteroatoms. The molecule has 104 valence electrons. The van der Waals surface area contributed by atoms with Crippen molar-refractivity contribution in [3.63, 3.8) is 0 Å². The molecule has 0 N–H and O–H groups in total. The van der Waals surface area contributed by atoms with Gasteiger partial charge in [-0.1, -0.05) is 36.3 Å². The van der Waals surface area contributed by atoms with Crippen LogP contribution in [0.4, 0.5) is 0 Å². The zero-order valence-electron chi connectivity index (χ0n) is 11.1. The first-order valence-corrected chi connectivity index (χ1v) is 7.34. The molecule has 0 saturated carbocycles. The summed E-state index contributed by atoms with van der Waals surface area (Å²) in [4.78, 5) is 23.1. The van der Waals surface area contributed by atoms with Gasteiger partial charge in [0.25, 0.3) is 0 Å². The molecule has 0 aliphatic carbocycles. The molecule has 0 fully saturated rings. The van der Waals surface area contributed by atoms with E-state index in [0.29, 0.717) is 12.4 Å². The molecule has 0 bridgehead atoms. The average molecular weight is 283 g/mol. The summed E-state index contributed by atoms with van der Waals surface area (Å²) < 4.78 is 13.8. The largest absolute Gasteiger partial charge is 0.575 e. The number of carbonyl (C=O) groups is 1. The van der Waals surface area contributed by atoms with Gasteiger partial charge in [-0.2, -0.15) is 0 Å². The Bertz CT molecular complexity index is 422. The van der Waals surface area contributed by atoms with Gasteiger partial charge >= 0.3 is 14.1 Å². The molecule has 0 spiro atoms. The summed E-state index contributed by atoms with van der Waals surface area (Å²) >= 11 is 0. The SMILES string of the molecule is CCCCOC(=O)[C@H](C)N=[P+]([O-])Oc1ccccc1. The van der Waals surface area contributed by atoms with Crippen LogP contribution in [0.15, 0.2) is 35.1 Å². The average Bonchev–Trinajstić information content (AvgIpc) is 2.39. The van der Waals surface area contributed by atoms with Gasteiger partial charge in [-0.05, 0) is 25.5 Å². The van der Waals surface area contributed by atoms with Gasteiger partial charge < -0.3 is 9.63 Å². The van der Waals surface area contributed by atoms with Crippen LogP contribution < -0.4 is 9.42 Å². The van der Waals surface area contributed by atoms with Crippen molar-refractivity contribution >= 4 is 14.1 Å². The maximum Gasteiger partial charge on any atom is 0.395 e. The molecule has 0 aliphatic rings. The van der Waals surface area contributed by atoms with E-state index in [1.165, 1.54) is 6.92 Å². The second-order valence-corrected chi connectivity index (χ2v) is 4.84. The predicted molar refractivity (Wildman–Crippen MR) is 71.7 cm³/mol. The van der Waals surface area contributed by atoms with Crippen LogP contribution in [-0.2, 0) is 9.53 Å². The molecule has 1 aromatic rings. The van der Waals surface area contributed by atoms with E-state index in [-0.39, 0.29) is 0 Å². The summed E-state index contributed by atoms with van der Waals surface area (Å²) in [6.45, 7) is 3.91. The van der Waals surface area contributed by atoms with E-state index >= 15 is 0 Å². The molecule has 1 rings (SSSR count). The van der Waals surface area contributed by atoms with Crippen molar-refractivity contribution in [1.82, 2.24) is 0 Å². The standard InChI is InChI=1S/C13H18NO4P/c1-3-4-10-17-13(15)11(2)14-19(16)18-12-8-6-5-7-9-12/h5-9,11H,3-4,10H2,1-2H3/t11-/m0/s1. The van der Waals surface area contributed by atoms with Gasteiger partial charge in [0.2, 0.25) is 0 Å². The molecular weight excluding hydrogens is 265 g/mol. The Morgan fingerprint density at radius 2 is 2.11 bits per heavy atom. The Balaban J connectivity index is 2.46. The fourth-order valence-electron chi connectivity index (χ4n) is 1.22. The topological polar surface area (TPSA) is 71.0 Å². The van der Waals surface area contributed by atoms with E-state index in [1.54, 1.807) is 24.3 Å². The number of para-hydroxylation sites is 1. The van der Waals surface area contributed by atoms with E-state index in [4.69, 9.17) is 9.26 Å². The van der Waals surface area contributed by atoms with Crippen LogP contribution >= 0.6 is 8.17 Å². The number of rotatable bonds is 7. The fourth-order valence-corrected chi connectivity index (χ4v) is 1.95. The first-order valence-electron chi connectivity index (χ1n) is 6.21. The molecule has 0 heterocycles. The van der Waals surface area contributed by atoms with Gasteiger partial charge in [0.1, 0.15) is 0 Å². The lowest BCUT2D eigenvalue weighted by molar-refractivity contribution is -0.169. The first kappa shape index (κ1) is 15.6. The normalized spacial score (nSPS) is 12.9. The molecule has 1 unspecified atom stereocenters. The molecule has 5 nitrogen and oxygen atoms in total. The second-order valence-electron chi connectivity index (χ2n) is 3.95. The minimum absolute atomic E-state index is 0.367. The smallest absolute Gasteiger partial charge is 0.395 e. The lowest BCUT2D eigenvalue weighted by Crippen LogP contribution is -2.19. The monoisotopic (exact) mass is 283 g/mol. The van der Waals surface area contributed by atoms with Crippen LogP contribution in [0.1, 0.15) is 26.7 Å². The number of unbranched alkanes of at least 4 members (excludes halogenated alkanes) is 1. The van der Waals surface area contributed by atoms with E-state index in [1.807, 2.05) is 13.0 Å². The zero-order chi connectivity index (χ0) is 14.1. The van der Waals surface area contributed by atoms with Crippen molar-refractivity contribution in [3.8, 4) is 5.75 Å². The highest BCUT2D eigenvalue weighted by Crippen LogP contribution is 2.23. The third-order valence-corrected chi connectivity index (χ3v) is 3.18. The molecule has 19 heavy (non-hydrogen) atoms. The van der Waals surface area contributed by atoms with E-state index in [9.17, 15) is 9.69 Å². The summed E-state index contributed by atoms with van der Waals surface area (Å²) in [7, 11) is -2.27. The number of hydrogen-bond acceptors (Lipinski definition) is 5. The summed E-state index contributed by atoms with van der Waals surface area (Å²) in [5, 5.41) is 0. The highest BCUT2D eigenvalue weighted by Gasteiger charge is 2.18. The lowest BCUT2D eigenvalue weighted by atomic mass is 10.3. The van der Waals surface area contributed by atoms with Crippen molar-refractivity contribution in [3.05, 3.63) is 30.3 Å². The van der Waals surface area contributed by atoms with Crippen molar-refractivity contribution in [2.24, 2.45) is 4.74 Å². The molecule has 0 amide bonds. The van der Waals surface area contributed by atoms with Crippen molar-refractivity contribution in [2.45, 2.75) is 32.7 Å². The highest BCUT2D eigenvalue weighted by atomic mass is 31.1. The van der Waals surface area contributed by atoms with Gasteiger partial charge in [-0.15, -0.1) is 0 Å². The zero-order valence-corrected chi connectivity index (χ0v) is 12.0. The van der Waals surface area contributed by atoms with Crippen molar-refractivity contribution in [1.29, 1.82) is 0 Å². The molecule has 1 aromatic carbocycles. The Morgan fingerprint density at radius 3 is 2.74 bits per heavy atom. The third-order valence-electron chi connectivity index (χ3n) is 2.28. The molecule has 0 saturated heterocycles. The summed E-state index contributed by atoms with van der Waals surface area (Å²) in [5.41, 5.74) is 0. The Morgan fingerprint density at radius 1 is 1.42 bits per heavy atom. The first-order chi connectivity index (χ1) is 9.13. The summed E-state index contributed by atoms with van der Waals surface area (Å²) in [6, 6.07) is 7.91. The van der Waals surface area contributed by atoms with Crippen LogP contribution in [0.25, 0.3) is 0 Å². The van der Waals surface area contributed by atoms with Crippen molar-refractivity contribution in [2.75, 3.05) is 6.61 Å². The maximum absolute atomic E-state index is 11.6. The molecular formula is C13H18NO4P. The fraction of sp³-hybridized carbons (Fsp3) is 0.462. The molecule has 0 aliphatic heterocycles. The minimum Gasteiger partial charge on any atom is -0.575 e. The molecule has 0 radical (unpaired) electrons. The Hall–Kier alpha value is -1.45. The predicted octanol–water partition coefficient (Wildman–Crippen LogP) is 2.65. The van der Waals surface area contributed by atoms with Gasteiger partial charge in [0.05, 0.1) is 6.61 Å². The number of carbonyl (C=O) groups excluding carboxylic acids is 1. The summed E-state index contributed by atoms with van der Waals surface area (Å²) in [6.07, 6.45) is 1.76. The Labute approximate surface area is 114 Å². The van der Waals surface area contributed by atoms with E-state index in [2.05, 4.69) is 4.74 Å². The van der Waals surface area contributed by atoms with Gasteiger partial charge in [-0.3, -0.25) is 4.52 Å². The van der Waals surface area contributed by atoms with Crippen LogP contribution in [0.5, 0.6) is 5.75 Å². The lowest BCUT2D eigenvalue weighted by Gasteiger charge is -2.05. The number of ether oxygens (including phenoxy) is 1. The maximum atomic E-state index is 11.6. The third kappa shape index (κ3) is 6.32. The van der Waals surface area contributed by atoms with E-state index < -0.39 is 20.2 Å². The van der Waals surface area contributed by atoms with Crippen LogP contribution in [0.2, 0.25) is 0 Å². The number of esters is 1. The van der Waals surface area contributed by atoms with Gasteiger partial charge in [0, 0.05) is 0 Å². The highest BCUT2D eigenvalue weighted by molar-refractivity contribution is 7.34. The minimum atomic E-state index is -2.27. The molecule has 0 aromatic heterocycles. The number of nitrogens with zero attached hydrogens (tertiary/aromatic N) is 1. The van der Waals surface area contributed by atoms with Crippen LogP contribution in [0, 0.1) is 0 Å². The number of hydrogen-bond donors (Lipinski definition) is 0. The van der Waals surface area contributed by atoms with Crippen molar-refractivity contribution < 1.29 is 18.9 Å². The van der Waals surface area contributed by atoms with Crippen LogP contribution in [0.3, 0.4) is 0 Å². The van der Waals surface area contributed by atoms with Gasteiger partial charge in [-0.25, -0.2) is 4.79 Å². The van der Waals surface area contributed by atoms with Crippen LogP contribution in [-0.4, -0.2) is 18.6 Å². The molecule has 2 atom stereocenters. The van der Waals surface area contributed by atoms with Gasteiger partial charge in [0.15, 0.2) is 11.8 Å².